The highest BCUT2D eigenvalue weighted by molar-refractivity contribution is 7.93. The minimum absolute atomic E-state index is 0.0531. The third-order valence-electron chi connectivity index (χ3n) is 3.33. The summed E-state index contributed by atoms with van der Waals surface area (Å²) in [5.41, 5.74) is 2.00. The van der Waals surface area contributed by atoms with Crippen molar-refractivity contribution < 1.29 is 8.42 Å². The second-order valence-electron chi connectivity index (χ2n) is 4.91. The molecule has 4 heteroatoms. The topological polar surface area (TPSA) is 37.4 Å². The van der Waals surface area contributed by atoms with Crippen LogP contribution in [0.1, 0.15) is 32.8 Å². The number of para-hydroxylation sites is 1. The number of hydrogen-bond acceptors (Lipinski definition) is 2. The van der Waals surface area contributed by atoms with E-state index in [4.69, 9.17) is 0 Å². The predicted octanol–water partition coefficient (Wildman–Crippen LogP) is 2.57. The van der Waals surface area contributed by atoms with Crippen molar-refractivity contribution in [2.24, 2.45) is 0 Å². The average molecular weight is 253 g/mol. The van der Waals surface area contributed by atoms with E-state index in [0.29, 0.717) is 0 Å². The van der Waals surface area contributed by atoms with E-state index in [1.807, 2.05) is 31.2 Å². The molecule has 3 nitrogen and oxygen atoms in total. The van der Waals surface area contributed by atoms with E-state index < -0.39 is 10.0 Å². The van der Waals surface area contributed by atoms with Crippen LogP contribution in [0.4, 0.5) is 5.69 Å². The zero-order valence-corrected chi connectivity index (χ0v) is 11.4. The number of nitrogens with zero attached hydrogens (tertiary/aromatic N) is 1. The molecule has 0 saturated carbocycles. The van der Waals surface area contributed by atoms with Gasteiger partial charge in [-0.05, 0) is 45.2 Å². The molecule has 1 aromatic carbocycles. The lowest BCUT2D eigenvalue weighted by Gasteiger charge is -2.37. The van der Waals surface area contributed by atoms with Crippen LogP contribution in [0.5, 0.6) is 0 Å². The van der Waals surface area contributed by atoms with Crippen molar-refractivity contribution >= 4 is 15.7 Å². The summed E-state index contributed by atoms with van der Waals surface area (Å²) in [6.45, 7) is 5.45. The second kappa shape index (κ2) is 4.33. The van der Waals surface area contributed by atoms with Crippen LogP contribution in [0.25, 0.3) is 0 Å². The molecule has 0 radical (unpaired) electrons. The minimum Gasteiger partial charge on any atom is -0.267 e. The average Bonchev–Trinajstić information content (AvgIpc) is 2.28. The van der Waals surface area contributed by atoms with Gasteiger partial charge in [-0.3, -0.25) is 4.31 Å². The van der Waals surface area contributed by atoms with Crippen molar-refractivity contribution in [1.82, 2.24) is 0 Å². The molecular formula is C13H19NO2S. The Morgan fingerprint density at radius 3 is 2.59 bits per heavy atom. The van der Waals surface area contributed by atoms with Crippen LogP contribution in [-0.2, 0) is 16.4 Å². The summed E-state index contributed by atoms with van der Waals surface area (Å²) in [6, 6.07) is 7.85. The van der Waals surface area contributed by atoms with Gasteiger partial charge in [-0.25, -0.2) is 8.42 Å². The number of hydrogen-bond donors (Lipinski definition) is 0. The van der Waals surface area contributed by atoms with Crippen molar-refractivity contribution in [3.63, 3.8) is 0 Å². The molecular weight excluding hydrogens is 234 g/mol. The maximum Gasteiger partial charge on any atom is 0.237 e. The third kappa shape index (κ3) is 2.06. The van der Waals surface area contributed by atoms with Crippen molar-refractivity contribution in [3.8, 4) is 0 Å². The van der Waals surface area contributed by atoms with Crippen molar-refractivity contribution in [3.05, 3.63) is 29.8 Å². The van der Waals surface area contributed by atoms with Crippen LogP contribution < -0.4 is 4.31 Å². The fourth-order valence-electron chi connectivity index (χ4n) is 2.27. The SMILES string of the molecule is CC1CCc2ccccc2N1S(=O)(=O)C(C)C. The number of sulfonamides is 1. The first-order chi connectivity index (χ1) is 7.94. The van der Waals surface area contributed by atoms with Gasteiger partial charge in [0.05, 0.1) is 10.9 Å². The summed E-state index contributed by atoms with van der Waals surface area (Å²) < 4.78 is 26.4. The first-order valence-corrected chi connectivity index (χ1v) is 7.56. The van der Waals surface area contributed by atoms with Crippen LogP contribution >= 0.6 is 0 Å². The Bertz CT molecular complexity index is 508. The normalized spacial score (nSPS) is 20.5. The molecule has 94 valence electrons. The van der Waals surface area contributed by atoms with Gasteiger partial charge in [0.1, 0.15) is 0 Å². The van der Waals surface area contributed by atoms with Crippen LogP contribution in [0, 0.1) is 0 Å². The third-order valence-corrected chi connectivity index (χ3v) is 5.63. The molecule has 1 aliphatic heterocycles. The quantitative estimate of drug-likeness (QED) is 0.812. The Kier molecular flexibility index (Phi) is 3.17. The standard InChI is InChI=1S/C13H19NO2S/c1-10(2)17(15,16)14-11(3)8-9-12-6-4-5-7-13(12)14/h4-7,10-11H,8-9H2,1-3H3. The highest BCUT2D eigenvalue weighted by Crippen LogP contribution is 2.33. The highest BCUT2D eigenvalue weighted by atomic mass is 32.2. The van der Waals surface area contributed by atoms with Gasteiger partial charge in [-0.15, -0.1) is 0 Å². The molecule has 1 aliphatic rings. The summed E-state index contributed by atoms with van der Waals surface area (Å²) in [4.78, 5) is 0. The van der Waals surface area contributed by atoms with Gasteiger partial charge in [0.15, 0.2) is 0 Å². The molecule has 0 fully saturated rings. The first kappa shape index (κ1) is 12.4. The molecule has 0 aliphatic carbocycles. The molecule has 1 atom stereocenters. The maximum atomic E-state index is 12.4. The lowest BCUT2D eigenvalue weighted by atomic mass is 9.99. The van der Waals surface area contributed by atoms with E-state index in [1.165, 1.54) is 0 Å². The lowest BCUT2D eigenvalue weighted by Crippen LogP contribution is -2.45. The van der Waals surface area contributed by atoms with E-state index in [-0.39, 0.29) is 11.3 Å². The predicted molar refractivity (Wildman–Crippen MR) is 70.8 cm³/mol. The Balaban J connectivity index is 2.54. The van der Waals surface area contributed by atoms with Crippen LogP contribution in [0.15, 0.2) is 24.3 Å². The molecule has 2 rings (SSSR count). The van der Waals surface area contributed by atoms with Gasteiger partial charge in [0, 0.05) is 6.04 Å². The van der Waals surface area contributed by atoms with Crippen LogP contribution in [-0.4, -0.2) is 19.7 Å². The number of anilines is 1. The van der Waals surface area contributed by atoms with Gasteiger partial charge < -0.3 is 0 Å². The van der Waals surface area contributed by atoms with Crippen molar-refractivity contribution in [2.45, 2.75) is 44.9 Å². The maximum absolute atomic E-state index is 12.4. The smallest absolute Gasteiger partial charge is 0.237 e. The zero-order chi connectivity index (χ0) is 12.6. The van der Waals surface area contributed by atoms with E-state index in [2.05, 4.69) is 0 Å². The Morgan fingerprint density at radius 1 is 1.29 bits per heavy atom. The molecule has 1 unspecified atom stereocenters. The van der Waals surface area contributed by atoms with Gasteiger partial charge in [0.25, 0.3) is 0 Å². The van der Waals surface area contributed by atoms with E-state index >= 15 is 0 Å². The molecule has 0 bridgehead atoms. The van der Waals surface area contributed by atoms with Gasteiger partial charge >= 0.3 is 0 Å². The second-order valence-corrected chi connectivity index (χ2v) is 7.27. The van der Waals surface area contributed by atoms with Gasteiger partial charge in [-0.1, -0.05) is 18.2 Å². The van der Waals surface area contributed by atoms with E-state index in [9.17, 15) is 8.42 Å². The molecule has 17 heavy (non-hydrogen) atoms. The lowest BCUT2D eigenvalue weighted by molar-refractivity contribution is 0.555. The number of rotatable bonds is 2. The number of fused-ring (bicyclic) bond motifs is 1. The monoisotopic (exact) mass is 253 g/mol. The first-order valence-electron chi connectivity index (χ1n) is 6.05. The van der Waals surface area contributed by atoms with E-state index in [1.54, 1.807) is 18.2 Å². The molecule has 0 saturated heterocycles. The Labute approximate surface area is 104 Å². The Morgan fingerprint density at radius 2 is 1.94 bits per heavy atom. The van der Waals surface area contributed by atoms with Gasteiger partial charge in [-0.2, -0.15) is 0 Å². The largest absolute Gasteiger partial charge is 0.267 e. The van der Waals surface area contributed by atoms with Gasteiger partial charge in [0.2, 0.25) is 10.0 Å². The van der Waals surface area contributed by atoms with Crippen LogP contribution in [0.3, 0.4) is 0 Å². The zero-order valence-electron chi connectivity index (χ0n) is 10.6. The Hall–Kier alpha value is -1.03. The number of aryl methyl sites for hydroxylation is 1. The molecule has 1 aromatic rings. The molecule has 0 amide bonds. The van der Waals surface area contributed by atoms with E-state index in [0.717, 1.165) is 24.1 Å². The minimum atomic E-state index is -3.23. The van der Waals surface area contributed by atoms with Crippen molar-refractivity contribution in [1.29, 1.82) is 0 Å². The molecule has 0 spiro atoms. The summed E-state index contributed by atoms with van der Waals surface area (Å²) in [7, 11) is -3.23. The molecule has 0 aromatic heterocycles. The molecule has 0 N–H and O–H groups in total. The highest BCUT2D eigenvalue weighted by Gasteiger charge is 2.34. The fraction of sp³-hybridized carbons (Fsp3) is 0.538. The van der Waals surface area contributed by atoms with Crippen LogP contribution in [0.2, 0.25) is 0 Å². The summed E-state index contributed by atoms with van der Waals surface area (Å²) in [6.07, 6.45) is 1.85. The summed E-state index contributed by atoms with van der Waals surface area (Å²) >= 11 is 0. The fourth-order valence-corrected chi connectivity index (χ4v) is 3.78. The number of benzene rings is 1. The summed E-state index contributed by atoms with van der Waals surface area (Å²) in [5.74, 6) is 0. The van der Waals surface area contributed by atoms with Crippen molar-refractivity contribution in [2.75, 3.05) is 4.31 Å². The molecule has 1 heterocycles. The summed E-state index contributed by atoms with van der Waals surface area (Å²) in [5, 5.41) is -0.379.